The number of hydrogen-bond donors (Lipinski definition) is 1. The van der Waals surface area contributed by atoms with Gasteiger partial charge in [0.15, 0.2) is 0 Å². The Morgan fingerprint density at radius 3 is 2.95 bits per heavy atom. The second-order valence-corrected chi connectivity index (χ2v) is 6.80. The molecule has 3 heteroatoms. The fraction of sp³-hybridized carbons (Fsp3) is 0.412. The molecule has 1 N–H and O–H groups in total. The van der Waals surface area contributed by atoms with Crippen molar-refractivity contribution in [3.63, 3.8) is 0 Å². The number of hydrogen-bond acceptors (Lipinski definition) is 3. The average molecular weight is 287 g/mol. The van der Waals surface area contributed by atoms with Gasteiger partial charge in [0.25, 0.3) is 0 Å². The van der Waals surface area contributed by atoms with Crippen LogP contribution in [0.2, 0.25) is 0 Å². The molecule has 2 heterocycles. The molecule has 2 aromatic rings. The molecule has 0 spiro atoms. The van der Waals surface area contributed by atoms with Crippen LogP contribution in [0.5, 0.6) is 5.75 Å². The van der Waals surface area contributed by atoms with Crippen LogP contribution < -0.4 is 10.1 Å². The zero-order valence-corrected chi connectivity index (χ0v) is 12.9. The van der Waals surface area contributed by atoms with Crippen molar-refractivity contribution in [1.82, 2.24) is 5.32 Å². The standard InChI is InChI=1S/C17H21NOS/c1-12-9-15(20-13(12)2)11-18-10-14-7-8-19-17-6-4-3-5-16(14)17/h3-6,9,14,18H,7-8,10-11H2,1-2H3. The van der Waals surface area contributed by atoms with Gasteiger partial charge in [-0.2, -0.15) is 0 Å². The molecule has 0 bridgehead atoms. The number of nitrogens with one attached hydrogen (secondary N) is 1. The number of fused-ring (bicyclic) bond motifs is 1. The first-order valence-electron chi connectivity index (χ1n) is 7.22. The largest absolute Gasteiger partial charge is 0.493 e. The van der Waals surface area contributed by atoms with E-state index in [0.29, 0.717) is 5.92 Å². The molecular formula is C17H21NOS. The molecule has 1 atom stereocenters. The molecule has 0 saturated heterocycles. The van der Waals surface area contributed by atoms with Crippen molar-refractivity contribution in [1.29, 1.82) is 0 Å². The fourth-order valence-electron chi connectivity index (χ4n) is 2.73. The quantitative estimate of drug-likeness (QED) is 0.917. The Labute approximate surface area is 124 Å². The molecule has 0 saturated carbocycles. The summed E-state index contributed by atoms with van der Waals surface area (Å²) in [6, 6.07) is 10.7. The van der Waals surface area contributed by atoms with Gasteiger partial charge in [0, 0.05) is 28.8 Å². The molecule has 1 aliphatic heterocycles. The Kier molecular flexibility index (Phi) is 4.08. The van der Waals surface area contributed by atoms with Crippen LogP contribution in [0.4, 0.5) is 0 Å². The van der Waals surface area contributed by atoms with Crippen molar-refractivity contribution in [2.24, 2.45) is 0 Å². The number of ether oxygens (including phenoxy) is 1. The van der Waals surface area contributed by atoms with E-state index < -0.39 is 0 Å². The summed E-state index contributed by atoms with van der Waals surface area (Å²) >= 11 is 1.90. The Hall–Kier alpha value is -1.32. The lowest BCUT2D eigenvalue weighted by atomic mass is 9.93. The van der Waals surface area contributed by atoms with E-state index in [1.165, 1.54) is 20.9 Å². The summed E-state index contributed by atoms with van der Waals surface area (Å²) < 4.78 is 5.71. The van der Waals surface area contributed by atoms with Gasteiger partial charge in [-0.3, -0.25) is 0 Å². The van der Waals surface area contributed by atoms with E-state index in [1.54, 1.807) is 0 Å². The zero-order chi connectivity index (χ0) is 13.9. The third kappa shape index (κ3) is 2.89. The maximum atomic E-state index is 5.71. The number of benzene rings is 1. The molecule has 0 fully saturated rings. The Morgan fingerprint density at radius 2 is 2.15 bits per heavy atom. The molecule has 0 amide bonds. The van der Waals surface area contributed by atoms with Gasteiger partial charge in [-0.1, -0.05) is 18.2 Å². The zero-order valence-electron chi connectivity index (χ0n) is 12.1. The van der Waals surface area contributed by atoms with Crippen molar-refractivity contribution in [3.8, 4) is 5.75 Å². The smallest absolute Gasteiger partial charge is 0.122 e. The van der Waals surface area contributed by atoms with Gasteiger partial charge in [-0.05, 0) is 43.5 Å². The summed E-state index contributed by atoms with van der Waals surface area (Å²) in [6.45, 7) is 7.21. The second kappa shape index (κ2) is 5.98. The lowest BCUT2D eigenvalue weighted by Crippen LogP contribution is -2.25. The second-order valence-electron chi connectivity index (χ2n) is 5.45. The summed E-state index contributed by atoms with van der Waals surface area (Å²) in [6.07, 6.45) is 1.10. The maximum Gasteiger partial charge on any atom is 0.122 e. The van der Waals surface area contributed by atoms with Crippen LogP contribution in [0.3, 0.4) is 0 Å². The van der Waals surface area contributed by atoms with Gasteiger partial charge in [0.1, 0.15) is 5.75 Å². The average Bonchev–Trinajstić information content (AvgIpc) is 2.78. The number of para-hydroxylation sites is 1. The van der Waals surface area contributed by atoms with Crippen LogP contribution in [0.15, 0.2) is 30.3 Å². The summed E-state index contributed by atoms with van der Waals surface area (Å²) in [4.78, 5) is 2.86. The van der Waals surface area contributed by atoms with Gasteiger partial charge in [-0.15, -0.1) is 11.3 Å². The van der Waals surface area contributed by atoms with E-state index in [2.05, 4.69) is 43.4 Å². The van der Waals surface area contributed by atoms with E-state index in [4.69, 9.17) is 4.74 Å². The van der Waals surface area contributed by atoms with Crippen molar-refractivity contribution >= 4 is 11.3 Å². The van der Waals surface area contributed by atoms with E-state index in [9.17, 15) is 0 Å². The van der Waals surface area contributed by atoms with Gasteiger partial charge < -0.3 is 10.1 Å². The van der Waals surface area contributed by atoms with Crippen LogP contribution in [0.1, 0.15) is 33.2 Å². The van der Waals surface area contributed by atoms with Gasteiger partial charge in [-0.25, -0.2) is 0 Å². The lowest BCUT2D eigenvalue weighted by molar-refractivity contribution is 0.264. The van der Waals surface area contributed by atoms with Gasteiger partial charge >= 0.3 is 0 Å². The van der Waals surface area contributed by atoms with Crippen LogP contribution in [-0.4, -0.2) is 13.2 Å². The van der Waals surface area contributed by atoms with Gasteiger partial charge in [0.2, 0.25) is 0 Å². The van der Waals surface area contributed by atoms with E-state index in [0.717, 1.165) is 31.9 Å². The van der Waals surface area contributed by atoms with Crippen molar-refractivity contribution in [2.75, 3.05) is 13.2 Å². The highest BCUT2D eigenvalue weighted by Gasteiger charge is 2.20. The lowest BCUT2D eigenvalue weighted by Gasteiger charge is -2.26. The first-order valence-corrected chi connectivity index (χ1v) is 8.04. The summed E-state index contributed by atoms with van der Waals surface area (Å²) in [5.41, 5.74) is 2.76. The third-order valence-electron chi connectivity index (χ3n) is 3.99. The fourth-order valence-corrected chi connectivity index (χ4v) is 3.76. The van der Waals surface area contributed by atoms with Crippen LogP contribution in [0, 0.1) is 13.8 Å². The Balaban J connectivity index is 1.59. The van der Waals surface area contributed by atoms with Crippen LogP contribution in [-0.2, 0) is 6.54 Å². The maximum absolute atomic E-state index is 5.71. The molecule has 1 aliphatic rings. The topological polar surface area (TPSA) is 21.3 Å². The molecule has 2 nitrogen and oxygen atoms in total. The van der Waals surface area contributed by atoms with E-state index in [1.807, 2.05) is 17.4 Å². The van der Waals surface area contributed by atoms with Crippen molar-refractivity contribution in [3.05, 3.63) is 51.2 Å². The SMILES string of the molecule is Cc1cc(CNCC2CCOc3ccccc32)sc1C. The molecule has 106 valence electrons. The normalized spacial score (nSPS) is 17.6. The summed E-state index contributed by atoms with van der Waals surface area (Å²) in [5.74, 6) is 1.63. The van der Waals surface area contributed by atoms with Crippen molar-refractivity contribution < 1.29 is 4.74 Å². The molecular weight excluding hydrogens is 266 g/mol. The Bertz CT molecular complexity index is 571. The number of aryl methyl sites for hydroxylation is 2. The van der Waals surface area contributed by atoms with Crippen LogP contribution in [0.25, 0.3) is 0 Å². The minimum absolute atomic E-state index is 0.571. The van der Waals surface area contributed by atoms with Gasteiger partial charge in [0.05, 0.1) is 6.61 Å². The highest BCUT2D eigenvalue weighted by molar-refractivity contribution is 7.12. The molecule has 0 radical (unpaired) electrons. The monoisotopic (exact) mass is 287 g/mol. The number of thiophene rings is 1. The third-order valence-corrected chi connectivity index (χ3v) is 5.14. The Morgan fingerprint density at radius 1 is 1.30 bits per heavy atom. The molecule has 1 aromatic heterocycles. The first kappa shape index (κ1) is 13.7. The molecule has 3 rings (SSSR count). The highest BCUT2D eigenvalue weighted by Crippen LogP contribution is 2.32. The van der Waals surface area contributed by atoms with Crippen molar-refractivity contribution in [2.45, 2.75) is 32.7 Å². The molecule has 1 aromatic carbocycles. The summed E-state index contributed by atoms with van der Waals surface area (Å²) in [7, 11) is 0. The first-order chi connectivity index (χ1) is 9.74. The number of rotatable bonds is 4. The highest BCUT2D eigenvalue weighted by atomic mass is 32.1. The minimum Gasteiger partial charge on any atom is -0.493 e. The molecule has 0 aliphatic carbocycles. The van der Waals surface area contributed by atoms with E-state index in [-0.39, 0.29) is 0 Å². The van der Waals surface area contributed by atoms with Crippen LogP contribution >= 0.6 is 11.3 Å². The molecule has 1 unspecified atom stereocenters. The predicted molar refractivity (Wildman–Crippen MR) is 84.8 cm³/mol. The predicted octanol–water partition coefficient (Wildman–Crippen LogP) is 4.02. The minimum atomic E-state index is 0.571. The summed E-state index contributed by atoms with van der Waals surface area (Å²) in [5, 5.41) is 3.61. The molecule has 20 heavy (non-hydrogen) atoms. The van der Waals surface area contributed by atoms with E-state index >= 15 is 0 Å².